The summed E-state index contributed by atoms with van der Waals surface area (Å²) in [4.78, 5) is 13.0. The second-order valence-corrected chi connectivity index (χ2v) is 6.49. The molecular formula is C12H7BrClFOS. The van der Waals surface area contributed by atoms with E-state index in [-0.39, 0.29) is 16.4 Å². The minimum atomic E-state index is -0.593. The molecule has 0 atom stereocenters. The Bertz CT molecular complexity index is 574. The van der Waals surface area contributed by atoms with E-state index < -0.39 is 5.82 Å². The number of rotatable bonds is 2. The average molecular weight is 334 g/mol. The van der Waals surface area contributed by atoms with E-state index in [0.717, 1.165) is 8.66 Å². The lowest BCUT2D eigenvalue weighted by molar-refractivity contribution is 0.103. The van der Waals surface area contributed by atoms with Gasteiger partial charge >= 0.3 is 0 Å². The minimum Gasteiger partial charge on any atom is -0.288 e. The molecule has 1 aromatic carbocycles. The highest BCUT2D eigenvalue weighted by atomic mass is 79.9. The lowest BCUT2D eigenvalue weighted by atomic mass is 10.0. The zero-order valence-electron chi connectivity index (χ0n) is 8.76. The lowest BCUT2D eigenvalue weighted by Gasteiger charge is -2.04. The minimum absolute atomic E-state index is 0.0671. The summed E-state index contributed by atoms with van der Waals surface area (Å²) < 4.78 is 14.5. The molecule has 0 bridgehead atoms. The smallest absolute Gasteiger partial charge is 0.198 e. The fourth-order valence-corrected chi connectivity index (χ4v) is 3.46. The van der Waals surface area contributed by atoms with Gasteiger partial charge in [0.25, 0.3) is 0 Å². The fourth-order valence-electron chi connectivity index (χ4n) is 1.52. The Balaban J connectivity index is 2.55. The zero-order chi connectivity index (χ0) is 12.6. The molecular weight excluding hydrogens is 327 g/mol. The summed E-state index contributed by atoms with van der Waals surface area (Å²) in [6.45, 7) is 1.82. The molecule has 0 saturated carbocycles. The molecule has 0 saturated heterocycles. The Morgan fingerprint density at radius 2 is 2.18 bits per heavy atom. The number of thiophene rings is 1. The van der Waals surface area contributed by atoms with Crippen molar-refractivity contribution in [2.45, 2.75) is 6.92 Å². The van der Waals surface area contributed by atoms with Gasteiger partial charge in [0, 0.05) is 10.4 Å². The van der Waals surface area contributed by atoms with Gasteiger partial charge in [0.1, 0.15) is 5.82 Å². The van der Waals surface area contributed by atoms with Crippen LogP contribution in [0, 0.1) is 12.7 Å². The van der Waals surface area contributed by atoms with Crippen molar-refractivity contribution >= 4 is 44.7 Å². The largest absolute Gasteiger partial charge is 0.288 e. The number of hydrogen-bond donors (Lipinski definition) is 0. The zero-order valence-corrected chi connectivity index (χ0v) is 11.9. The molecule has 0 amide bonds. The molecule has 0 spiro atoms. The van der Waals surface area contributed by atoms with Gasteiger partial charge in [0.15, 0.2) is 5.78 Å². The second kappa shape index (κ2) is 4.88. The molecule has 0 fully saturated rings. The van der Waals surface area contributed by atoms with Gasteiger partial charge in [-0.1, -0.05) is 17.7 Å². The summed E-state index contributed by atoms with van der Waals surface area (Å²) >= 11 is 10.6. The molecule has 0 N–H and O–H groups in total. The van der Waals surface area contributed by atoms with Crippen molar-refractivity contribution < 1.29 is 9.18 Å². The summed E-state index contributed by atoms with van der Waals surface area (Å²) in [6, 6.07) is 5.90. The van der Waals surface area contributed by atoms with E-state index in [2.05, 4.69) is 15.9 Å². The van der Waals surface area contributed by atoms with Crippen LogP contribution in [-0.4, -0.2) is 5.78 Å². The number of aryl methyl sites for hydroxylation is 1. The quantitative estimate of drug-likeness (QED) is 0.719. The normalized spacial score (nSPS) is 10.6. The number of halogens is 3. The highest BCUT2D eigenvalue weighted by molar-refractivity contribution is 9.11. The molecule has 17 heavy (non-hydrogen) atoms. The molecule has 0 aliphatic carbocycles. The van der Waals surface area contributed by atoms with Crippen LogP contribution in [0.25, 0.3) is 0 Å². The number of ketones is 1. The van der Waals surface area contributed by atoms with Crippen LogP contribution >= 0.6 is 38.9 Å². The maximum absolute atomic E-state index is 13.6. The van der Waals surface area contributed by atoms with Crippen molar-refractivity contribution in [2.75, 3.05) is 0 Å². The van der Waals surface area contributed by atoms with Crippen LogP contribution in [0.3, 0.4) is 0 Å². The molecule has 88 valence electrons. The highest BCUT2D eigenvalue weighted by Gasteiger charge is 2.20. The van der Waals surface area contributed by atoms with E-state index in [9.17, 15) is 9.18 Å². The van der Waals surface area contributed by atoms with Gasteiger partial charge in [-0.05, 0) is 41.1 Å². The summed E-state index contributed by atoms with van der Waals surface area (Å²) in [5.74, 6) is -0.975. The van der Waals surface area contributed by atoms with E-state index in [1.165, 1.54) is 29.5 Å². The van der Waals surface area contributed by atoms with Gasteiger partial charge < -0.3 is 0 Å². The van der Waals surface area contributed by atoms with Crippen LogP contribution in [0.15, 0.2) is 28.1 Å². The van der Waals surface area contributed by atoms with Crippen molar-refractivity contribution in [3.05, 3.63) is 54.9 Å². The van der Waals surface area contributed by atoms with E-state index in [0.29, 0.717) is 5.56 Å². The molecule has 1 aromatic heterocycles. The van der Waals surface area contributed by atoms with Gasteiger partial charge in [0.2, 0.25) is 0 Å². The fraction of sp³-hybridized carbons (Fsp3) is 0.0833. The molecule has 2 rings (SSSR count). The molecule has 0 radical (unpaired) electrons. The van der Waals surface area contributed by atoms with Crippen molar-refractivity contribution in [1.82, 2.24) is 0 Å². The van der Waals surface area contributed by atoms with Crippen LogP contribution in [-0.2, 0) is 0 Å². The van der Waals surface area contributed by atoms with E-state index in [4.69, 9.17) is 11.6 Å². The Labute approximate surface area is 115 Å². The summed E-state index contributed by atoms with van der Waals surface area (Å²) in [6.07, 6.45) is 0. The molecule has 2 aromatic rings. The topological polar surface area (TPSA) is 17.1 Å². The standard InChI is InChI=1S/C12H7BrClFOS/c1-6-7(5-10(13)17-6)12(16)11-8(14)3-2-4-9(11)15/h2-5H,1H3. The third-order valence-electron chi connectivity index (χ3n) is 2.32. The third-order valence-corrected chi connectivity index (χ3v) is 4.19. The highest BCUT2D eigenvalue weighted by Crippen LogP contribution is 2.30. The Morgan fingerprint density at radius 1 is 1.47 bits per heavy atom. The SMILES string of the molecule is Cc1sc(Br)cc1C(=O)c1c(F)cccc1Cl. The van der Waals surface area contributed by atoms with Gasteiger partial charge in [0.05, 0.1) is 14.4 Å². The van der Waals surface area contributed by atoms with E-state index >= 15 is 0 Å². The van der Waals surface area contributed by atoms with Crippen molar-refractivity contribution in [1.29, 1.82) is 0 Å². The molecule has 0 aliphatic rings. The predicted octanol–water partition coefficient (Wildman–Crippen LogP) is 4.84. The summed E-state index contributed by atoms with van der Waals surface area (Å²) in [5.41, 5.74) is 0.413. The first-order valence-corrected chi connectivity index (χ1v) is 6.74. The average Bonchev–Trinajstić information content (AvgIpc) is 2.57. The summed E-state index contributed by atoms with van der Waals surface area (Å²) in [7, 11) is 0. The van der Waals surface area contributed by atoms with Crippen molar-refractivity contribution in [2.24, 2.45) is 0 Å². The van der Waals surface area contributed by atoms with Gasteiger partial charge in [-0.3, -0.25) is 4.79 Å². The number of benzene rings is 1. The summed E-state index contributed by atoms with van der Waals surface area (Å²) in [5, 5.41) is 0.136. The maximum atomic E-state index is 13.6. The van der Waals surface area contributed by atoms with Crippen LogP contribution in [0.4, 0.5) is 4.39 Å². The van der Waals surface area contributed by atoms with Gasteiger partial charge in [-0.25, -0.2) is 4.39 Å². The maximum Gasteiger partial charge on any atom is 0.198 e. The molecule has 1 heterocycles. The number of carbonyl (C=O) groups excluding carboxylic acids is 1. The van der Waals surface area contributed by atoms with Crippen molar-refractivity contribution in [3.8, 4) is 0 Å². The number of carbonyl (C=O) groups is 1. The first kappa shape index (κ1) is 12.7. The molecule has 0 aliphatic heterocycles. The van der Waals surface area contributed by atoms with E-state index in [1.54, 1.807) is 6.07 Å². The van der Waals surface area contributed by atoms with Gasteiger partial charge in [-0.2, -0.15) is 0 Å². The lowest BCUT2D eigenvalue weighted by Crippen LogP contribution is -2.05. The molecule has 1 nitrogen and oxygen atoms in total. The Kier molecular flexibility index (Phi) is 3.66. The Morgan fingerprint density at radius 3 is 2.71 bits per heavy atom. The molecule has 5 heteroatoms. The Hall–Kier alpha value is -0.710. The van der Waals surface area contributed by atoms with Crippen LogP contribution in [0.2, 0.25) is 5.02 Å². The second-order valence-electron chi connectivity index (χ2n) is 3.45. The van der Waals surface area contributed by atoms with Crippen molar-refractivity contribution in [3.63, 3.8) is 0 Å². The third kappa shape index (κ3) is 2.44. The first-order valence-electron chi connectivity index (χ1n) is 4.75. The first-order chi connectivity index (χ1) is 8.00. The monoisotopic (exact) mass is 332 g/mol. The van der Waals surface area contributed by atoms with Crippen LogP contribution in [0.1, 0.15) is 20.8 Å². The van der Waals surface area contributed by atoms with Crippen LogP contribution in [0.5, 0.6) is 0 Å². The van der Waals surface area contributed by atoms with Gasteiger partial charge in [-0.15, -0.1) is 11.3 Å². The van der Waals surface area contributed by atoms with Crippen LogP contribution < -0.4 is 0 Å². The predicted molar refractivity (Wildman–Crippen MR) is 71.6 cm³/mol. The van der Waals surface area contributed by atoms with E-state index in [1.807, 2.05) is 6.92 Å². The number of hydrogen-bond acceptors (Lipinski definition) is 2. The molecule has 0 unspecified atom stereocenters.